The van der Waals surface area contributed by atoms with Crippen LogP contribution in [0.5, 0.6) is 0 Å². The van der Waals surface area contributed by atoms with Gasteiger partial charge in [0.25, 0.3) is 0 Å². The van der Waals surface area contributed by atoms with Gasteiger partial charge in [0, 0.05) is 12.4 Å². The Morgan fingerprint density at radius 3 is 3.00 bits per heavy atom. The van der Waals surface area contributed by atoms with E-state index in [2.05, 4.69) is 15.0 Å². The summed E-state index contributed by atoms with van der Waals surface area (Å²) in [5.74, 6) is 0.476. The summed E-state index contributed by atoms with van der Waals surface area (Å²) in [7, 11) is 0. The number of nitrogens with one attached hydrogen (secondary N) is 1. The molecule has 1 heterocycles. The third-order valence-corrected chi connectivity index (χ3v) is 0.864. The molecule has 1 aromatic rings. The van der Waals surface area contributed by atoms with E-state index in [9.17, 15) is 0 Å². The standard InChI is InChI=1S/C6H8N4/c7-6-4-8-2-1-3-9-5-10-6/h1-5H,7H2,(H,9,10). The first-order valence-electron chi connectivity index (χ1n) is 2.82. The van der Waals surface area contributed by atoms with E-state index in [0.29, 0.717) is 5.82 Å². The van der Waals surface area contributed by atoms with Crippen LogP contribution >= 0.6 is 0 Å². The molecule has 0 fully saturated rings. The molecule has 0 amide bonds. The van der Waals surface area contributed by atoms with Gasteiger partial charge in [-0.1, -0.05) is 0 Å². The van der Waals surface area contributed by atoms with E-state index in [1.807, 2.05) is 0 Å². The van der Waals surface area contributed by atoms with Crippen molar-refractivity contribution in [3.05, 3.63) is 31.0 Å². The average Bonchev–Trinajstić information content (AvgIpc) is 2.02. The van der Waals surface area contributed by atoms with Crippen molar-refractivity contribution in [2.45, 2.75) is 0 Å². The molecule has 4 heteroatoms. The van der Waals surface area contributed by atoms with Crippen LogP contribution in [0.2, 0.25) is 0 Å². The molecule has 0 aliphatic heterocycles. The number of aromatic nitrogens is 3. The predicted octanol–water partition coefficient (Wildman–Crippen LogP) is 0.511. The molecule has 0 aliphatic carbocycles. The minimum atomic E-state index is 0.476. The molecule has 3 N–H and O–H groups in total. The van der Waals surface area contributed by atoms with Crippen molar-refractivity contribution in [1.82, 2.24) is 15.0 Å². The Morgan fingerprint density at radius 2 is 2.10 bits per heavy atom. The van der Waals surface area contributed by atoms with E-state index < -0.39 is 0 Å². The zero-order valence-electron chi connectivity index (χ0n) is 5.36. The number of H-pyrrole nitrogens is 1. The van der Waals surface area contributed by atoms with Crippen LogP contribution in [0.25, 0.3) is 0 Å². The largest absolute Gasteiger partial charge is 0.384 e. The topological polar surface area (TPSA) is 67.6 Å². The summed E-state index contributed by atoms with van der Waals surface area (Å²) in [4.78, 5) is 10.3. The fourth-order valence-corrected chi connectivity index (χ4v) is 0.453. The summed E-state index contributed by atoms with van der Waals surface area (Å²) < 4.78 is 0. The smallest absolute Gasteiger partial charge is 0.120 e. The van der Waals surface area contributed by atoms with Gasteiger partial charge >= 0.3 is 0 Å². The fraction of sp³-hybridized carbons (Fsp3) is 0. The first kappa shape index (κ1) is 6.54. The lowest BCUT2D eigenvalue weighted by Crippen LogP contribution is -1.85. The van der Waals surface area contributed by atoms with Gasteiger partial charge in [0.1, 0.15) is 5.82 Å². The molecule has 52 valence electrons. The highest BCUT2D eigenvalue weighted by Crippen LogP contribution is 1.82. The quantitative estimate of drug-likeness (QED) is 0.546. The predicted molar refractivity (Wildman–Crippen MR) is 38.4 cm³/mol. The molecular weight excluding hydrogens is 128 g/mol. The SMILES string of the molecule is Nc1cncccnc[nH]1. The van der Waals surface area contributed by atoms with Crippen LogP contribution < -0.4 is 5.73 Å². The van der Waals surface area contributed by atoms with Gasteiger partial charge in [0.15, 0.2) is 0 Å². The zero-order chi connectivity index (χ0) is 7.23. The maximum Gasteiger partial charge on any atom is 0.120 e. The van der Waals surface area contributed by atoms with Crippen LogP contribution in [0.15, 0.2) is 31.0 Å². The van der Waals surface area contributed by atoms with E-state index >= 15 is 0 Å². The van der Waals surface area contributed by atoms with E-state index in [1.54, 1.807) is 18.5 Å². The van der Waals surface area contributed by atoms with Gasteiger partial charge in [0.2, 0.25) is 0 Å². The Balaban J connectivity index is 3.13. The molecule has 0 aliphatic rings. The molecule has 4 nitrogen and oxygen atoms in total. The molecular formula is C6H8N4. The molecule has 0 saturated carbocycles. The molecule has 0 spiro atoms. The molecule has 0 aromatic carbocycles. The minimum absolute atomic E-state index is 0.476. The first-order chi connectivity index (χ1) is 4.89. The van der Waals surface area contributed by atoms with Crippen LogP contribution in [0.1, 0.15) is 0 Å². The van der Waals surface area contributed by atoms with Crippen LogP contribution in [-0.4, -0.2) is 15.0 Å². The van der Waals surface area contributed by atoms with Crippen molar-refractivity contribution < 1.29 is 0 Å². The summed E-state index contributed by atoms with van der Waals surface area (Å²) in [5.41, 5.74) is 5.39. The van der Waals surface area contributed by atoms with Crippen LogP contribution in [0.3, 0.4) is 0 Å². The maximum atomic E-state index is 5.39. The molecule has 0 saturated heterocycles. The van der Waals surface area contributed by atoms with Crippen molar-refractivity contribution in [2.75, 3.05) is 5.73 Å². The van der Waals surface area contributed by atoms with Crippen LogP contribution in [-0.2, 0) is 0 Å². The number of nitrogen functional groups attached to an aromatic ring is 1. The van der Waals surface area contributed by atoms with Crippen molar-refractivity contribution in [1.29, 1.82) is 0 Å². The third kappa shape index (κ3) is 2.13. The highest BCUT2D eigenvalue weighted by atomic mass is 14.9. The minimum Gasteiger partial charge on any atom is -0.384 e. The van der Waals surface area contributed by atoms with Gasteiger partial charge < -0.3 is 10.7 Å². The van der Waals surface area contributed by atoms with Gasteiger partial charge in [0.05, 0.1) is 12.5 Å². The molecule has 0 bridgehead atoms. The van der Waals surface area contributed by atoms with E-state index in [4.69, 9.17) is 5.73 Å². The molecule has 1 aromatic heterocycles. The Hall–Kier alpha value is -1.58. The lowest BCUT2D eigenvalue weighted by Gasteiger charge is -1.80. The second kappa shape index (κ2) is 3.45. The summed E-state index contributed by atoms with van der Waals surface area (Å²) >= 11 is 0. The molecule has 0 unspecified atom stereocenters. The zero-order valence-corrected chi connectivity index (χ0v) is 5.36. The van der Waals surface area contributed by atoms with E-state index in [0.717, 1.165) is 0 Å². The number of anilines is 1. The Bertz CT molecular complexity index is 217. The molecule has 10 heavy (non-hydrogen) atoms. The fourth-order valence-electron chi connectivity index (χ4n) is 0.453. The summed E-state index contributed by atoms with van der Waals surface area (Å²) in [5, 5.41) is 0. The van der Waals surface area contributed by atoms with Crippen molar-refractivity contribution in [2.24, 2.45) is 0 Å². The second-order valence-corrected chi connectivity index (χ2v) is 1.65. The Kier molecular flexibility index (Phi) is 2.25. The van der Waals surface area contributed by atoms with Crippen LogP contribution in [0, 0.1) is 0 Å². The third-order valence-electron chi connectivity index (χ3n) is 0.864. The normalized spacial score (nSPS) is 8.40. The second-order valence-electron chi connectivity index (χ2n) is 1.65. The summed E-state index contributed by atoms with van der Waals surface area (Å²) in [6.07, 6.45) is 6.23. The highest BCUT2D eigenvalue weighted by Gasteiger charge is 1.70. The summed E-state index contributed by atoms with van der Waals surface area (Å²) in [6.45, 7) is 0. The number of hydrogen-bond donors (Lipinski definition) is 2. The van der Waals surface area contributed by atoms with Gasteiger partial charge in [-0.05, 0) is 6.07 Å². The summed E-state index contributed by atoms with van der Waals surface area (Å²) in [6, 6.07) is 1.72. The molecule has 0 atom stereocenters. The Morgan fingerprint density at radius 1 is 1.30 bits per heavy atom. The Labute approximate surface area is 58.5 Å². The van der Waals surface area contributed by atoms with Gasteiger partial charge in [-0.15, -0.1) is 0 Å². The highest BCUT2D eigenvalue weighted by molar-refractivity contribution is 5.18. The number of nitrogens with two attached hydrogens (primary N) is 1. The first-order valence-corrected chi connectivity index (χ1v) is 2.82. The number of hydrogen-bond acceptors (Lipinski definition) is 3. The van der Waals surface area contributed by atoms with E-state index in [1.165, 1.54) is 12.5 Å². The lowest BCUT2D eigenvalue weighted by atomic mass is 10.7. The van der Waals surface area contributed by atoms with Crippen LogP contribution in [0.4, 0.5) is 5.82 Å². The lowest BCUT2D eigenvalue weighted by molar-refractivity contribution is 1.21. The molecule has 0 radical (unpaired) electrons. The van der Waals surface area contributed by atoms with Crippen molar-refractivity contribution in [3.63, 3.8) is 0 Å². The number of nitrogens with zero attached hydrogens (tertiary/aromatic N) is 2. The number of aromatic amines is 1. The number of rotatable bonds is 0. The average molecular weight is 136 g/mol. The van der Waals surface area contributed by atoms with Gasteiger partial charge in [-0.25, -0.2) is 4.98 Å². The van der Waals surface area contributed by atoms with Gasteiger partial charge in [-0.2, -0.15) is 0 Å². The van der Waals surface area contributed by atoms with Crippen molar-refractivity contribution >= 4 is 5.82 Å². The maximum absolute atomic E-state index is 5.39. The van der Waals surface area contributed by atoms with Crippen molar-refractivity contribution in [3.8, 4) is 0 Å². The molecule has 1 rings (SSSR count). The van der Waals surface area contributed by atoms with Gasteiger partial charge in [-0.3, -0.25) is 4.98 Å². The van der Waals surface area contributed by atoms with E-state index in [-0.39, 0.29) is 0 Å². The monoisotopic (exact) mass is 136 g/mol.